The smallest absolute Gasteiger partial charge is 0.259 e. The van der Waals surface area contributed by atoms with Gasteiger partial charge in [-0.05, 0) is 25.0 Å². The van der Waals surface area contributed by atoms with Crippen LogP contribution in [0, 0.1) is 12.8 Å². The van der Waals surface area contributed by atoms with Crippen molar-refractivity contribution in [2.45, 2.75) is 26.8 Å². The zero-order valence-electron chi connectivity index (χ0n) is 15.8. The molecule has 28 heavy (non-hydrogen) atoms. The number of aliphatic imine (C=N–C) groups is 2. The second kappa shape index (κ2) is 7.23. The van der Waals surface area contributed by atoms with Gasteiger partial charge in [-0.1, -0.05) is 37.7 Å². The third kappa shape index (κ3) is 3.33. The number of aromatic nitrogens is 2. The lowest BCUT2D eigenvalue weighted by atomic mass is 10.1. The van der Waals surface area contributed by atoms with Gasteiger partial charge in [-0.3, -0.25) is 19.7 Å². The van der Waals surface area contributed by atoms with E-state index in [1.807, 2.05) is 45.0 Å². The molecule has 1 aromatic carbocycles. The van der Waals surface area contributed by atoms with E-state index in [0.29, 0.717) is 16.8 Å². The van der Waals surface area contributed by atoms with Crippen molar-refractivity contribution in [3.05, 3.63) is 41.6 Å². The van der Waals surface area contributed by atoms with E-state index in [0.717, 1.165) is 16.9 Å². The number of hydrogen-bond donors (Lipinski definition) is 2. The van der Waals surface area contributed by atoms with E-state index in [1.54, 1.807) is 11.0 Å². The normalized spacial score (nSPS) is 17.9. The molecule has 0 bridgehead atoms. The summed E-state index contributed by atoms with van der Waals surface area (Å²) in [6.45, 7) is 5.80. The van der Waals surface area contributed by atoms with Crippen LogP contribution in [-0.2, 0) is 9.59 Å². The maximum Gasteiger partial charge on any atom is 0.259 e. The number of H-pyrrole nitrogens is 1. The third-order valence-corrected chi connectivity index (χ3v) is 5.37. The lowest BCUT2D eigenvalue weighted by molar-refractivity contribution is -0.125. The zero-order chi connectivity index (χ0) is 19.8. The van der Waals surface area contributed by atoms with Crippen LogP contribution in [0.1, 0.15) is 25.1 Å². The topological polar surface area (TPSA) is 103 Å². The number of benzene rings is 1. The summed E-state index contributed by atoms with van der Waals surface area (Å²) in [5.41, 5.74) is 2.44. The second-order valence-corrected chi connectivity index (χ2v) is 7.94. The number of nitrogens with one attached hydrogen (secondary N) is 2. The monoisotopic (exact) mass is 396 g/mol. The van der Waals surface area contributed by atoms with E-state index in [9.17, 15) is 9.59 Å². The molecule has 0 radical (unpaired) electrons. The van der Waals surface area contributed by atoms with Crippen LogP contribution in [0.4, 0.5) is 11.5 Å². The number of anilines is 1. The number of amidine groups is 2. The molecule has 2 aliphatic heterocycles. The highest BCUT2D eigenvalue weighted by atomic mass is 32.2. The van der Waals surface area contributed by atoms with E-state index in [2.05, 4.69) is 25.5 Å². The number of aromatic amines is 1. The Morgan fingerprint density at radius 1 is 1.36 bits per heavy atom. The number of thioether (sulfide) groups is 1. The molecule has 1 unspecified atom stereocenters. The first-order valence-corrected chi connectivity index (χ1v) is 9.97. The van der Waals surface area contributed by atoms with Crippen LogP contribution < -0.4 is 5.32 Å². The summed E-state index contributed by atoms with van der Waals surface area (Å²) in [6.07, 6.45) is 0. The summed E-state index contributed by atoms with van der Waals surface area (Å²) >= 11 is 1.21. The third-order valence-electron chi connectivity index (χ3n) is 4.44. The highest BCUT2D eigenvalue weighted by Gasteiger charge is 2.42. The van der Waals surface area contributed by atoms with Gasteiger partial charge in [-0.2, -0.15) is 5.10 Å². The summed E-state index contributed by atoms with van der Waals surface area (Å²) in [5.74, 6) is 0.947. The summed E-state index contributed by atoms with van der Waals surface area (Å²) in [5, 5.41) is 9.97. The standard InChI is InChI=1S/C19H20N6O2S/c1-10(2)16-18(27)25-17(22-16)12-6-4-5-7-13(12)20-19(25)28-9-15(26)21-14-8-11(3)23-24-14/h4-8,10,16H,9H2,1-3H3,(H2,21,23,24,26). The molecule has 2 N–H and O–H groups in total. The number of aryl methyl sites for hydroxylation is 1. The molecule has 3 heterocycles. The van der Waals surface area contributed by atoms with E-state index >= 15 is 0 Å². The Balaban J connectivity index is 1.56. The lowest BCUT2D eigenvalue weighted by Crippen LogP contribution is -2.42. The number of carbonyl (C=O) groups excluding carboxylic acids is 2. The van der Waals surface area contributed by atoms with Crippen LogP contribution >= 0.6 is 11.8 Å². The Morgan fingerprint density at radius 2 is 2.14 bits per heavy atom. The molecule has 9 heteroatoms. The highest BCUT2D eigenvalue weighted by Crippen LogP contribution is 2.34. The van der Waals surface area contributed by atoms with Gasteiger partial charge in [0.15, 0.2) is 11.0 Å². The van der Waals surface area contributed by atoms with E-state index in [1.165, 1.54) is 11.8 Å². The predicted molar refractivity (Wildman–Crippen MR) is 110 cm³/mol. The quantitative estimate of drug-likeness (QED) is 0.829. The SMILES string of the molecule is Cc1cc(NC(=O)CSC2=Nc3ccccc3C3=NC(C(C)C)C(=O)N23)n[nH]1. The van der Waals surface area contributed by atoms with Crippen LogP contribution in [0.2, 0.25) is 0 Å². The fraction of sp³-hybridized carbons (Fsp3) is 0.316. The first-order chi connectivity index (χ1) is 13.4. The van der Waals surface area contributed by atoms with Gasteiger partial charge in [0.2, 0.25) is 5.91 Å². The fourth-order valence-corrected chi connectivity index (χ4v) is 3.89. The molecule has 0 spiro atoms. The van der Waals surface area contributed by atoms with Gasteiger partial charge in [-0.25, -0.2) is 9.89 Å². The number of rotatable bonds is 4. The van der Waals surface area contributed by atoms with Gasteiger partial charge < -0.3 is 5.32 Å². The van der Waals surface area contributed by atoms with Crippen molar-refractivity contribution in [2.24, 2.45) is 15.9 Å². The van der Waals surface area contributed by atoms with Crippen molar-refractivity contribution in [3.8, 4) is 0 Å². The average Bonchev–Trinajstić information content (AvgIpc) is 3.23. The molecule has 0 aliphatic carbocycles. The molecule has 0 fully saturated rings. The summed E-state index contributed by atoms with van der Waals surface area (Å²) < 4.78 is 0. The Labute approximate surface area is 166 Å². The summed E-state index contributed by atoms with van der Waals surface area (Å²) in [7, 11) is 0. The van der Waals surface area contributed by atoms with Crippen LogP contribution in [0.25, 0.3) is 0 Å². The van der Waals surface area contributed by atoms with Crippen LogP contribution in [-0.4, -0.2) is 49.7 Å². The number of carbonyl (C=O) groups is 2. The van der Waals surface area contributed by atoms with Gasteiger partial charge >= 0.3 is 0 Å². The highest BCUT2D eigenvalue weighted by molar-refractivity contribution is 8.14. The molecule has 0 saturated heterocycles. The number of nitrogens with zero attached hydrogens (tertiary/aromatic N) is 4. The molecule has 1 atom stereocenters. The largest absolute Gasteiger partial charge is 0.308 e. The minimum Gasteiger partial charge on any atom is -0.308 e. The van der Waals surface area contributed by atoms with Gasteiger partial charge in [0, 0.05) is 17.3 Å². The van der Waals surface area contributed by atoms with E-state index in [-0.39, 0.29) is 23.5 Å². The van der Waals surface area contributed by atoms with Gasteiger partial charge in [0.05, 0.1) is 11.4 Å². The number of amides is 2. The molecular formula is C19H20N6O2S. The van der Waals surface area contributed by atoms with Crippen molar-refractivity contribution in [1.29, 1.82) is 0 Å². The predicted octanol–water partition coefficient (Wildman–Crippen LogP) is 2.70. The molecule has 144 valence electrons. The Morgan fingerprint density at radius 3 is 2.86 bits per heavy atom. The fourth-order valence-electron chi connectivity index (χ4n) is 3.09. The summed E-state index contributed by atoms with van der Waals surface area (Å²) in [6, 6.07) is 8.90. The minimum atomic E-state index is -0.437. The van der Waals surface area contributed by atoms with Crippen molar-refractivity contribution in [3.63, 3.8) is 0 Å². The molecular weight excluding hydrogens is 376 g/mol. The first-order valence-electron chi connectivity index (χ1n) is 8.98. The number of fused-ring (bicyclic) bond motifs is 3. The van der Waals surface area contributed by atoms with Gasteiger partial charge in [0.1, 0.15) is 11.9 Å². The molecule has 8 nitrogen and oxygen atoms in total. The Bertz CT molecular complexity index is 1010. The van der Waals surface area contributed by atoms with Gasteiger partial charge in [-0.15, -0.1) is 0 Å². The minimum absolute atomic E-state index is 0.0789. The van der Waals surface area contributed by atoms with E-state index in [4.69, 9.17) is 0 Å². The van der Waals surface area contributed by atoms with Crippen molar-refractivity contribution < 1.29 is 9.59 Å². The van der Waals surface area contributed by atoms with Crippen molar-refractivity contribution >= 4 is 46.1 Å². The average molecular weight is 396 g/mol. The molecule has 2 aromatic rings. The Hall–Kier alpha value is -2.94. The molecule has 1 aromatic heterocycles. The number of para-hydroxylation sites is 1. The Kier molecular flexibility index (Phi) is 4.76. The van der Waals surface area contributed by atoms with Crippen molar-refractivity contribution in [2.75, 3.05) is 11.1 Å². The van der Waals surface area contributed by atoms with Crippen LogP contribution in [0.15, 0.2) is 40.3 Å². The maximum absolute atomic E-state index is 12.9. The van der Waals surface area contributed by atoms with E-state index < -0.39 is 6.04 Å². The molecule has 0 saturated carbocycles. The zero-order valence-corrected chi connectivity index (χ0v) is 16.6. The van der Waals surface area contributed by atoms with Gasteiger partial charge in [0.25, 0.3) is 5.91 Å². The number of hydrogen-bond acceptors (Lipinski definition) is 6. The first kappa shape index (κ1) is 18.4. The van der Waals surface area contributed by atoms with Crippen LogP contribution in [0.3, 0.4) is 0 Å². The second-order valence-electron chi connectivity index (χ2n) is 7.00. The molecule has 2 amide bonds. The van der Waals surface area contributed by atoms with Crippen molar-refractivity contribution in [1.82, 2.24) is 15.1 Å². The molecule has 2 aliphatic rings. The maximum atomic E-state index is 12.9. The summed E-state index contributed by atoms with van der Waals surface area (Å²) in [4.78, 5) is 36.1. The lowest BCUT2D eigenvalue weighted by Gasteiger charge is -2.25. The van der Waals surface area contributed by atoms with Crippen LogP contribution in [0.5, 0.6) is 0 Å². The molecule has 4 rings (SSSR count).